The van der Waals surface area contributed by atoms with Crippen molar-refractivity contribution in [2.45, 2.75) is 58.5 Å². The Morgan fingerprint density at radius 2 is 0.795 bits per heavy atom. The maximum absolute atomic E-state index is 13.4. The lowest BCUT2D eigenvalue weighted by Gasteiger charge is -2.20. The van der Waals surface area contributed by atoms with Crippen molar-refractivity contribution in [3.05, 3.63) is 129 Å². The molecule has 0 aromatic heterocycles. The van der Waals surface area contributed by atoms with Crippen LogP contribution in [-0.4, -0.2) is 28.7 Å². The van der Waals surface area contributed by atoms with Crippen LogP contribution in [0.25, 0.3) is 0 Å². The van der Waals surface area contributed by atoms with Crippen molar-refractivity contribution in [1.29, 1.82) is 0 Å². The highest BCUT2D eigenvalue weighted by molar-refractivity contribution is 6.35. The van der Waals surface area contributed by atoms with Crippen molar-refractivity contribution in [2.75, 3.05) is 9.80 Å². The van der Waals surface area contributed by atoms with E-state index in [0.29, 0.717) is 22.5 Å². The number of nitrogens with zero attached hydrogens (tertiary/aromatic N) is 2. The molecule has 2 heterocycles. The van der Waals surface area contributed by atoms with Crippen LogP contribution in [0, 0.1) is 0 Å². The summed E-state index contributed by atoms with van der Waals surface area (Å²) in [6.07, 6.45) is -1.20. The lowest BCUT2D eigenvalue weighted by atomic mass is 9.87. The highest BCUT2D eigenvalue weighted by Gasteiger charge is 2.39. The summed E-state index contributed by atoms with van der Waals surface area (Å²) in [4.78, 5) is 55.6. The monoisotopic (exact) mass is 586 g/mol. The molecule has 0 saturated carbocycles. The Bertz CT molecular complexity index is 1720. The number of anilines is 2. The number of carbonyl (C=O) groups excluding carboxylic acids is 4. The highest BCUT2D eigenvalue weighted by atomic mass is 16.3. The van der Waals surface area contributed by atoms with Crippen LogP contribution in [0.1, 0.15) is 111 Å². The topological polar surface area (TPSA) is 95.0 Å². The molecule has 44 heavy (non-hydrogen) atoms. The van der Waals surface area contributed by atoms with E-state index in [-0.39, 0.29) is 33.1 Å². The Morgan fingerprint density at radius 1 is 0.477 bits per heavy atom. The van der Waals surface area contributed by atoms with Crippen molar-refractivity contribution < 1.29 is 24.3 Å². The number of imide groups is 2. The second-order valence-corrected chi connectivity index (χ2v) is 13.5. The zero-order valence-corrected chi connectivity index (χ0v) is 25.6. The van der Waals surface area contributed by atoms with E-state index in [1.807, 2.05) is 24.3 Å². The first-order valence-electron chi connectivity index (χ1n) is 14.6. The minimum absolute atomic E-state index is 0.0724. The number of hydrogen-bond acceptors (Lipinski definition) is 5. The van der Waals surface area contributed by atoms with Gasteiger partial charge < -0.3 is 5.11 Å². The van der Waals surface area contributed by atoms with E-state index < -0.39 is 29.7 Å². The van der Waals surface area contributed by atoms with Crippen LogP contribution < -0.4 is 9.80 Å². The molecule has 7 nitrogen and oxygen atoms in total. The second-order valence-electron chi connectivity index (χ2n) is 13.5. The van der Waals surface area contributed by atoms with Crippen LogP contribution in [0.3, 0.4) is 0 Å². The molecule has 2 aliphatic rings. The minimum atomic E-state index is -1.20. The molecule has 0 spiro atoms. The lowest BCUT2D eigenvalue weighted by Crippen LogP contribution is -2.29. The fourth-order valence-electron chi connectivity index (χ4n) is 5.74. The number of benzene rings is 4. The maximum Gasteiger partial charge on any atom is 0.266 e. The van der Waals surface area contributed by atoms with E-state index in [9.17, 15) is 24.3 Å². The first kappa shape index (κ1) is 29.2. The van der Waals surface area contributed by atoms with E-state index in [2.05, 4.69) is 41.5 Å². The van der Waals surface area contributed by atoms with Crippen molar-refractivity contribution in [1.82, 2.24) is 0 Å². The largest absolute Gasteiger partial charge is 0.384 e. The van der Waals surface area contributed by atoms with Gasteiger partial charge in [0.25, 0.3) is 23.6 Å². The summed E-state index contributed by atoms with van der Waals surface area (Å²) >= 11 is 0. The molecule has 0 atom stereocenters. The van der Waals surface area contributed by atoms with E-state index in [0.717, 1.165) is 20.9 Å². The van der Waals surface area contributed by atoms with Gasteiger partial charge in [-0.15, -0.1) is 0 Å². The van der Waals surface area contributed by atoms with Gasteiger partial charge in [0.1, 0.15) is 6.10 Å². The van der Waals surface area contributed by atoms with E-state index in [4.69, 9.17) is 0 Å². The molecule has 2 aliphatic heterocycles. The van der Waals surface area contributed by atoms with Crippen molar-refractivity contribution in [2.24, 2.45) is 0 Å². The van der Waals surface area contributed by atoms with Crippen LogP contribution in [0.2, 0.25) is 0 Å². The number of aliphatic hydroxyl groups excluding tert-OH is 1. The molecule has 0 bridgehead atoms. The normalized spacial score (nSPS) is 15.0. The first-order chi connectivity index (χ1) is 20.7. The molecule has 222 valence electrons. The van der Waals surface area contributed by atoms with E-state index in [1.165, 1.54) is 12.1 Å². The minimum Gasteiger partial charge on any atom is -0.384 e. The van der Waals surface area contributed by atoms with Gasteiger partial charge in [0, 0.05) is 0 Å². The van der Waals surface area contributed by atoms with Gasteiger partial charge in [0.05, 0.1) is 33.6 Å². The molecule has 0 radical (unpaired) electrons. The molecule has 1 N–H and O–H groups in total. The average molecular weight is 587 g/mol. The zero-order valence-electron chi connectivity index (χ0n) is 25.6. The van der Waals surface area contributed by atoms with E-state index in [1.54, 1.807) is 48.5 Å². The van der Waals surface area contributed by atoms with Crippen LogP contribution in [0.5, 0.6) is 0 Å². The predicted molar refractivity (Wildman–Crippen MR) is 170 cm³/mol. The van der Waals surface area contributed by atoms with Crippen LogP contribution in [0.4, 0.5) is 11.4 Å². The van der Waals surface area contributed by atoms with Crippen molar-refractivity contribution >= 4 is 35.0 Å². The van der Waals surface area contributed by atoms with Gasteiger partial charge in [-0.1, -0.05) is 77.9 Å². The summed E-state index contributed by atoms with van der Waals surface area (Å²) in [5, 5.41) is 11.3. The molecule has 0 aliphatic carbocycles. The zero-order chi connectivity index (χ0) is 31.7. The third-order valence-corrected chi connectivity index (χ3v) is 8.44. The molecular formula is C37H34N2O5. The SMILES string of the molecule is CC(C)(C)c1ccc(N2C(=O)c3ccc(C(O)c4ccc5c(c4)C(=O)N(c4ccc(C(C)(C)C)cc4)C5=O)cc3C2=O)cc1. The summed E-state index contributed by atoms with van der Waals surface area (Å²) in [5.74, 6) is -1.78. The molecule has 0 fully saturated rings. The third kappa shape index (κ3) is 4.74. The number of fused-ring (bicyclic) bond motifs is 2. The molecule has 0 unspecified atom stereocenters. The first-order valence-corrected chi connectivity index (χ1v) is 14.6. The summed E-state index contributed by atoms with van der Waals surface area (Å²) < 4.78 is 0. The smallest absolute Gasteiger partial charge is 0.266 e. The number of carbonyl (C=O) groups is 4. The molecular weight excluding hydrogens is 552 g/mol. The van der Waals surface area contributed by atoms with Gasteiger partial charge in [-0.2, -0.15) is 0 Å². The lowest BCUT2D eigenvalue weighted by molar-refractivity contribution is 0.0910. The van der Waals surface area contributed by atoms with Crippen molar-refractivity contribution in [3.63, 3.8) is 0 Å². The van der Waals surface area contributed by atoms with Crippen LogP contribution in [-0.2, 0) is 10.8 Å². The standard InChI is InChI=1S/C37H34N2O5/c1-36(2,3)23-9-13-25(14-10-23)38-32(41)27-17-7-21(19-29(27)34(38)43)31(40)22-8-18-28-30(20-22)35(44)39(33(28)42)26-15-11-24(12-16-26)37(4,5)6/h7-20,31,40H,1-6H3. The molecule has 0 saturated heterocycles. The third-order valence-electron chi connectivity index (χ3n) is 8.44. The summed E-state index contributed by atoms with van der Waals surface area (Å²) in [7, 11) is 0. The van der Waals surface area contributed by atoms with Crippen LogP contribution in [0.15, 0.2) is 84.9 Å². The Balaban J connectivity index is 1.26. The summed E-state index contributed by atoms with van der Waals surface area (Å²) in [6.45, 7) is 12.5. The molecule has 4 aromatic rings. The fraction of sp³-hybridized carbons (Fsp3) is 0.243. The van der Waals surface area contributed by atoms with E-state index >= 15 is 0 Å². The molecule has 4 aromatic carbocycles. The molecule has 4 amide bonds. The fourth-order valence-corrected chi connectivity index (χ4v) is 5.74. The van der Waals surface area contributed by atoms with Crippen LogP contribution >= 0.6 is 0 Å². The maximum atomic E-state index is 13.4. The average Bonchev–Trinajstić information content (AvgIpc) is 3.39. The Hall–Kier alpha value is -4.88. The number of amides is 4. The highest BCUT2D eigenvalue weighted by Crippen LogP contribution is 2.36. The summed E-state index contributed by atoms with van der Waals surface area (Å²) in [5.41, 5.74) is 4.67. The summed E-state index contributed by atoms with van der Waals surface area (Å²) in [6, 6.07) is 24.1. The number of hydrogen-bond donors (Lipinski definition) is 1. The van der Waals surface area contributed by atoms with Gasteiger partial charge in [-0.25, -0.2) is 9.80 Å². The number of aliphatic hydroxyl groups is 1. The Morgan fingerprint density at radius 3 is 1.11 bits per heavy atom. The molecule has 6 rings (SSSR count). The Labute approximate surface area is 256 Å². The van der Waals surface area contributed by atoms with Crippen molar-refractivity contribution in [3.8, 4) is 0 Å². The van der Waals surface area contributed by atoms with Gasteiger partial charge in [-0.3, -0.25) is 19.2 Å². The predicted octanol–water partition coefficient (Wildman–Crippen LogP) is 6.96. The second kappa shape index (κ2) is 10.1. The van der Waals surface area contributed by atoms with Gasteiger partial charge in [0.2, 0.25) is 0 Å². The van der Waals surface area contributed by atoms with Gasteiger partial charge >= 0.3 is 0 Å². The molecule has 7 heteroatoms. The Kier molecular flexibility index (Phi) is 6.70. The van der Waals surface area contributed by atoms with Gasteiger partial charge in [-0.05, 0) is 81.6 Å². The number of rotatable bonds is 4. The van der Waals surface area contributed by atoms with Gasteiger partial charge in [0.15, 0.2) is 0 Å². The quantitative estimate of drug-likeness (QED) is 0.261.